The maximum absolute atomic E-state index is 5.65. The molecule has 0 aliphatic carbocycles. The van der Waals surface area contributed by atoms with Gasteiger partial charge in [0.2, 0.25) is 0 Å². The van der Waals surface area contributed by atoms with Crippen LogP contribution in [0.1, 0.15) is 39.0 Å². The van der Waals surface area contributed by atoms with Crippen LogP contribution in [-0.4, -0.2) is 15.0 Å². The van der Waals surface area contributed by atoms with Gasteiger partial charge in [0.15, 0.2) is 0 Å². The molecule has 20 heavy (non-hydrogen) atoms. The second-order valence-corrected chi connectivity index (χ2v) is 3.82. The van der Waals surface area contributed by atoms with Crippen molar-refractivity contribution in [2.45, 2.75) is 41.5 Å². The van der Waals surface area contributed by atoms with Gasteiger partial charge in [0.1, 0.15) is 5.15 Å². The first kappa shape index (κ1) is 21.1. The van der Waals surface area contributed by atoms with Crippen molar-refractivity contribution in [3.05, 3.63) is 52.3 Å². The second kappa shape index (κ2) is 14.2. The fourth-order valence-electron chi connectivity index (χ4n) is 0.835. The van der Waals surface area contributed by atoms with Gasteiger partial charge in [-0.15, -0.1) is 0 Å². The number of aryl methyl sites for hydroxylation is 2. The fourth-order valence-corrected chi connectivity index (χ4v) is 1.06. The van der Waals surface area contributed by atoms with E-state index in [0.29, 0.717) is 5.15 Å². The molecule has 0 N–H and O–H groups in total. The minimum atomic E-state index is 0.479. The smallest absolute Gasteiger partial charge is 0.150 e. The Labute approximate surface area is 132 Å². The summed E-state index contributed by atoms with van der Waals surface area (Å²) in [4.78, 5) is 11.5. The van der Waals surface area contributed by atoms with Gasteiger partial charge >= 0.3 is 0 Å². The molecule has 112 valence electrons. The molecule has 0 atom stereocenters. The molecule has 0 aromatic carbocycles. The molecule has 0 saturated heterocycles. The van der Waals surface area contributed by atoms with Gasteiger partial charge in [-0.3, -0.25) is 9.97 Å². The SMILES string of the molecule is CC.CC.Cc1ccncc1Cl.Cc1nccnc1Cl. The van der Waals surface area contributed by atoms with Crippen LogP contribution in [0.25, 0.3) is 0 Å². The summed E-state index contributed by atoms with van der Waals surface area (Å²) in [5.74, 6) is 0. The van der Waals surface area contributed by atoms with Gasteiger partial charge in [0.25, 0.3) is 0 Å². The van der Waals surface area contributed by atoms with E-state index in [-0.39, 0.29) is 0 Å². The van der Waals surface area contributed by atoms with Gasteiger partial charge in [-0.2, -0.15) is 0 Å². The molecule has 2 aromatic heterocycles. The predicted molar refractivity (Wildman–Crippen MR) is 88.5 cm³/mol. The molecule has 0 spiro atoms. The van der Waals surface area contributed by atoms with Crippen molar-refractivity contribution in [3.8, 4) is 0 Å². The quantitative estimate of drug-likeness (QED) is 0.641. The summed E-state index contributed by atoms with van der Waals surface area (Å²) in [6, 6.07) is 1.88. The van der Waals surface area contributed by atoms with Gasteiger partial charge < -0.3 is 0 Å². The topological polar surface area (TPSA) is 38.7 Å². The summed E-state index contributed by atoms with van der Waals surface area (Å²) in [6.45, 7) is 11.8. The minimum Gasteiger partial charge on any atom is -0.263 e. The van der Waals surface area contributed by atoms with Crippen LogP contribution in [0, 0.1) is 13.8 Å². The molecule has 0 bridgehead atoms. The average molecular weight is 316 g/mol. The van der Waals surface area contributed by atoms with Gasteiger partial charge in [-0.05, 0) is 25.5 Å². The van der Waals surface area contributed by atoms with Crippen molar-refractivity contribution in [1.82, 2.24) is 15.0 Å². The normalized spacial score (nSPS) is 8.00. The first-order valence-electron chi connectivity index (χ1n) is 6.60. The van der Waals surface area contributed by atoms with Crippen LogP contribution < -0.4 is 0 Å². The molecule has 2 rings (SSSR count). The lowest BCUT2D eigenvalue weighted by molar-refractivity contribution is 1.12. The van der Waals surface area contributed by atoms with Gasteiger partial charge in [0.05, 0.1) is 10.7 Å². The van der Waals surface area contributed by atoms with Crippen LogP contribution in [0.4, 0.5) is 0 Å². The van der Waals surface area contributed by atoms with E-state index < -0.39 is 0 Å². The van der Waals surface area contributed by atoms with E-state index in [0.717, 1.165) is 16.3 Å². The highest BCUT2D eigenvalue weighted by atomic mass is 35.5. The lowest BCUT2D eigenvalue weighted by Crippen LogP contribution is -1.82. The Morgan fingerprint density at radius 1 is 0.850 bits per heavy atom. The van der Waals surface area contributed by atoms with E-state index in [4.69, 9.17) is 23.2 Å². The average Bonchev–Trinajstić information content (AvgIpc) is 2.50. The summed E-state index contributed by atoms with van der Waals surface area (Å²) in [7, 11) is 0. The summed E-state index contributed by atoms with van der Waals surface area (Å²) in [5, 5.41) is 1.21. The van der Waals surface area contributed by atoms with Crippen molar-refractivity contribution >= 4 is 23.2 Å². The van der Waals surface area contributed by atoms with Crippen molar-refractivity contribution in [3.63, 3.8) is 0 Å². The number of nitrogens with zero attached hydrogens (tertiary/aromatic N) is 3. The number of aromatic nitrogens is 3. The molecule has 0 unspecified atom stereocenters. The van der Waals surface area contributed by atoms with Crippen molar-refractivity contribution < 1.29 is 0 Å². The molecule has 0 aliphatic heterocycles. The van der Waals surface area contributed by atoms with Crippen LogP contribution in [0.2, 0.25) is 10.2 Å². The summed E-state index contributed by atoms with van der Waals surface area (Å²) >= 11 is 11.2. The summed E-state index contributed by atoms with van der Waals surface area (Å²) in [5.41, 5.74) is 1.84. The van der Waals surface area contributed by atoms with Gasteiger partial charge in [-0.1, -0.05) is 50.9 Å². The first-order valence-corrected chi connectivity index (χ1v) is 7.36. The molecule has 3 nitrogen and oxygen atoms in total. The highest BCUT2D eigenvalue weighted by Crippen LogP contribution is 2.10. The molecule has 0 aliphatic rings. The number of pyridine rings is 1. The van der Waals surface area contributed by atoms with E-state index >= 15 is 0 Å². The Bertz CT molecular complexity index is 377. The Kier molecular flexibility index (Phi) is 15.0. The van der Waals surface area contributed by atoms with E-state index in [1.165, 1.54) is 0 Å². The first-order chi connectivity index (χ1) is 9.61. The minimum absolute atomic E-state index is 0.479. The fraction of sp³-hybridized carbons (Fsp3) is 0.400. The highest BCUT2D eigenvalue weighted by molar-refractivity contribution is 6.31. The molecule has 0 fully saturated rings. The van der Waals surface area contributed by atoms with Crippen molar-refractivity contribution in [2.75, 3.05) is 0 Å². The van der Waals surface area contributed by atoms with Gasteiger partial charge in [-0.25, -0.2) is 4.98 Å². The summed E-state index contributed by atoms with van der Waals surface area (Å²) in [6.07, 6.45) is 6.54. The number of halogens is 2. The van der Waals surface area contributed by atoms with Crippen molar-refractivity contribution in [2.24, 2.45) is 0 Å². The third-order valence-electron chi connectivity index (χ3n) is 1.80. The largest absolute Gasteiger partial charge is 0.263 e. The van der Waals surface area contributed by atoms with Crippen LogP contribution in [-0.2, 0) is 0 Å². The third-order valence-corrected chi connectivity index (χ3v) is 2.56. The van der Waals surface area contributed by atoms with E-state index in [1.54, 1.807) is 24.8 Å². The zero-order valence-electron chi connectivity index (χ0n) is 13.0. The molecule has 2 aromatic rings. The predicted octanol–water partition coefficient (Wildman–Crippen LogP) is 5.53. The van der Waals surface area contributed by atoms with Crippen molar-refractivity contribution in [1.29, 1.82) is 0 Å². The van der Waals surface area contributed by atoms with Crippen LogP contribution in [0.15, 0.2) is 30.9 Å². The highest BCUT2D eigenvalue weighted by Gasteiger charge is 1.90. The number of rotatable bonds is 0. The van der Waals surface area contributed by atoms with Crippen LogP contribution in [0.3, 0.4) is 0 Å². The molecule has 2 heterocycles. The molecule has 0 saturated carbocycles. The lowest BCUT2D eigenvalue weighted by Gasteiger charge is -1.90. The maximum atomic E-state index is 5.65. The molecule has 0 radical (unpaired) electrons. The second-order valence-electron chi connectivity index (χ2n) is 3.06. The molecule has 0 amide bonds. The molecular weight excluding hydrogens is 293 g/mol. The zero-order chi connectivity index (χ0) is 16.0. The Morgan fingerprint density at radius 3 is 1.70 bits per heavy atom. The Morgan fingerprint density at radius 2 is 1.40 bits per heavy atom. The third kappa shape index (κ3) is 9.70. The Balaban J connectivity index is 0. The van der Waals surface area contributed by atoms with E-state index in [9.17, 15) is 0 Å². The standard InChI is InChI=1S/C6H6ClN.C5H5ClN2.2C2H6/c1-5-2-3-8-4-6(5)7;1-4-5(6)8-3-2-7-4;2*1-2/h2-4H,1H3;2-3H,1H3;2*1-2H3. The molecular formula is C15H23Cl2N3. The monoisotopic (exact) mass is 315 g/mol. The van der Waals surface area contributed by atoms with E-state index in [1.807, 2.05) is 47.6 Å². The molecule has 5 heteroatoms. The van der Waals surface area contributed by atoms with E-state index in [2.05, 4.69) is 15.0 Å². The van der Waals surface area contributed by atoms with Crippen LogP contribution >= 0.6 is 23.2 Å². The maximum Gasteiger partial charge on any atom is 0.150 e. The van der Waals surface area contributed by atoms with Gasteiger partial charge in [0, 0.05) is 24.8 Å². The zero-order valence-corrected chi connectivity index (χ0v) is 14.5. The lowest BCUT2D eigenvalue weighted by atomic mass is 10.3. The van der Waals surface area contributed by atoms with Crippen LogP contribution in [0.5, 0.6) is 0 Å². The Hall–Kier alpha value is -1.19. The summed E-state index contributed by atoms with van der Waals surface area (Å²) < 4.78 is 0. The number of hydrogen-bond donors (Lipinski definition) is 0. The number of hydrogen-bond acceptors (Lipinski definition) is 3.